The minimum Gasteiger partial charge on any atom is -0.390 e. The molecule has 10 atom stereocenters. The predicted octanol–water partition coefficient (Wildman–Crippen LogP) is -1.49. The molecule has 1 aliphatic carbocycles. The maximum atomic E-state index is 14.0. The minimum atomic E-state index is -2.16. The zero-order valence-corrected chi connectivity index (χ0v) is 19.1. The van der Waals surface area contributed by atoms with Gasteiger partial charge in [-0.15, -0.1) is 0 Å². The number of hydrogen-bond donors (Lipinski definition) is 6. The molecule has 190 valence electrons. The number of halogens is 2. The average molecular weight is 488 g/mol. The summed E-state index contributed by atoms with van der Waals surface area (Å²) in [4.78, 5) is 12.7. The number of carbonyl (C=O) groups excluding carboxylic acids is 1. The molecule has 10 nitrogen and oxygen atoms in total. The molecule has 12 heteroatoms. The van der Waals surface area contributed by atoms with Crippen LogP contribution in [-0.4, -0.2) is 96.0 Å². The van der Waals surface area contributed by atoms with Gasteiger partial charge in [0.25, 0.3) is 0 Å². The van der Waals surface area contributed by atoms with E-state index in [4.69, 9.17) is 14.2 Å². The average Bonchev–Trinajstić information content (AvgIpc) is 2.78. The van der Waals surface area contributed by atoms with Crippen LogP contribution in [0.3, 0.4) is 0 Å². The highest BCUT2D eigenvalue weighted by Gasteiger charge is 2.63. The summed E-state index contributed by atoms with van der Waals surface area (Å²) < 4.78 is 45.3. The van der Waals surface area contributed by atoms with E-state index in [0.29, 0.717) is 0 Å². The fourth-order valence-corrected chi connectivity index (χ4v) is 5.12. The van der Waals surface area contributed by atoms with Crippen LogP contribution in [0.15, 0.2) is 18.2 Å². The van der Waals surface area contributed by atoms with Crippen molar-refractivity contribution in [1.29, 1.82) is 0 Å². The number of ether oxygens (including phenoxy) is 3. The third kappa shape index (κ3) is 4.33. The topological polar surface area (TPSA) is 142 Å². The van der Waals surface area contributed by atoms with Crippen LogP contribution in [0.4, 0.5) is 8.78 Å². The van der Waals surface area contributed by atoms with Crippen molar-refractivity contribution in [2.75, 3.05) is 14.1 Å². The van der Waals surface area contributed by atoms with E-state index in [2.05, 4.69) is 16.0 Å². The number of nitrogens with one attached hydrogen (secondary N) is 3. The fourth-order valence-electron chi connectivity index (χ4n) is 5.12. The van der Waals surface area contributed by atoms with Gasteiger partial charge in [0.2, 0.25) is 18.0 Å². The molecule has 3 aliphatic rings. The molecule has 3 unspecified atom stereocenters. The standard InChI is InChI=1S/C22H31F2N3O7/c1-9-7-12(27-13(28)8-10-5-4-6-11(23)14(10)24)22(31)21(32-9)33-20-18(30)15(25-2)17(29)16(26-3)19(20)34-22/h4-6,9,12,15-21,25-26,29-31H,7-8H2,1-3H3,(H,27,28)/t9-,12-,15-,16+,17+,18-,19?,20?,21?,22+/m1/s1. The molecule has 34 heavy (non-hydrogen) atoms. The van der Waals surface area contributed by atoms with Crippen molar-refractivity contribution in [3.05, 3.63) is 35.4 Å². The molecule has 3 fully saturated rings. The molecule has 0 bridgehead atoms. The zero-order chi connectivity index (χ0) is 24.8. The van der Waals surface area contributed by atoms with Crippen molar-refractivity contribution in [2.45, 2.75) is 80.5 Å². The summed E-state index contributed by atoms with van der Waals surface area (Å²) in [5, 5.41) is 41.4. The van der Waals surface area contributed by atoms with Gasteiger partial charge in [-0.25, -0.2) is 8.78 Å². The second kappa shape index (κ2) is 9.70. The number of aliphatic hydroxyl groups excluding tert-OH is 2. The molecule has 4 rings (SSSR count). The van der Waals surface area contributed by atoms with Crippen molar-refractivity contribution in [3.63, 3.8) is 0 Å². The number of hydrogen-bond acceptors (Lipinski definition) is 9. The third-order valence-corrected chi connectivity index (χ3v) is 6.87. The summed E-state index contributed by atoms with van der Waals surface area (Å²) in [6, 6.07) is 1.07. The van der Waals surface area contributed by atoms with Gasteiger partial charge in [0.15, 0.2) is 11.6 Å². The fraction of sp³-hybridized carbons (Fsp3) is 0.682. The molecule has 1 aromatic carbocycles. The second-order valence-electron chi connectivity index (χ2n) is 9.07. The van der Waals surface area contributed by atoms with Crippen molar-refractivity contribution < 1.29 is 43.1 Å². The molecule has 2 saturated heterocycles. The first kappa shape index (κ1) is 25.3. The van der Waals surface area contributed by atoms with Gasteiger partial charge in [-0.05, 0) is 33.5 Å². The lowest BCUT2D eigenvalue weighted by Gasteiger charge is -2.58. The first-order valence-corrected chi connectivity index (χ1v) is 11.2. The Kier molecular flexibility index (Phi) is 7.23. The highest BCUT2D eigenvalue weighted by Crippen LogP contribution is 2.42. The maximum Gasteiger partial charge on any atom is 0.239 e. The molecule has 2 aliphatic heterocycles. The van der Waals surface area contributed by atoms with Gasteiger partial charge in [-0.3, -0.25) is 4.79 Å². The van der Waals surface area contributed by atoms with Crippen LogP contribution in [0.25, 0.3) is 0 Å². The van der Waals surface area contributed by atoms with Gasteiger partial charge >= 0.3 is 0 Å². The summed E-state index contributed by atoms with van der Waals surface area (Å²) >= 11 is 0. The summed E-state index contributed by atoms with van der Waals surface area (Å²) in [6.07, 6.45) is -6.33. The molecule has 0 aromatic heterocycles. The molecule has 1 aromatic rings. The van der Waals surface area contributed by atoms with Crippen LogP contribution >= 0.6 is 0 Å². The SMILES string of the molecule is CN[C@@H]1[C@H](O)[C@H](NC)C2O[C@]3(O)C(OC2[C@@H]1O)O[C@H](C)C[C@H]3NC(=O)Cc1cccc(F)c1F. The highest BCUT2D eigenvalue weighted by molar-refractivity contribution is 5.79. The van der Waals surface area contributed by atoms with Gasteiger partial charge in [0.05, 0.1) is 36.8 Å². The summed E-state index contributed by atoms with van der Waals surface area (Å²) in [6.45, 7) is 1.72. The Hall–Kier alpha value is -1.77. The van der Waals surface area contributed by atoms with Gasteiger partial charge in [-0.1, -0.05) is 12.1 Å². The van der Waals surface area contributed by atoms with Crippen LogP contribution in [-0.2, 0) is 25.4 Å². The Morgan fingerprint density at radius 2 is 1.82 bits per heavy atom. The van der Waals surface area contributed by atoms with E-state index in [-0.39, 0.29) is 12.0 Å². The number of rotatable bonds is 5. The number of aliphatic hydroxyl groups is 3. The van der Waals surface area contributed by atoms with E-state index < -0.39 is 84.7 Å². The number of likely N-dealkylation sites (N-methyl/N-ethyl adjacent to an activating group) is 2. The van der Waals surface area contributed by atoms with E-state index in [9.17, 15) is 28.9 Å². The molecule has 6 N–H and O–H groups in total. The van der Waals surface area contributed by atoms with Crippen LogP contribution in [0.2, 0.25) is 0 Å². The second-order valence-corrected chi connectivity index (χ2v) is 9.07. The van der Waals surface area contributed by atoms with Crippen LogP contribution in [0, 0.1) is 11.6 Å². The Balaban J connectivity index is 1.56. The largest absolute Gasteiger partial charge is 0.390 e. The first-order chi connectivity index (χ1) is 16.1. The Morgan fingerprint density at radius 1 is 1.12 bits per heavy atom. The van der Waals surface area contributed by atoms with E-state index in [1.807, 2.05) is 0 Å². The van der Waals surface area contributed by atoms with E-state index in [0.717, 1.165) is 6.07 Å². The van der Waals surface area contributed by atoms with Gasteiger partial charge < -0.3 is 45.5 Å². The molecule has 0 spiro atoms. The van der Waals surface area contributed by atoms with Gasteiger partial charge in [0, 0.05) is 5.56 Å². The lowest BCUT2D eigenvalue weighted by molar-refractivity contribution is -0.449. The first-order valence-electron chi connectivity index (χ1n) is 11.2. The van der Waals surface area contributed by atoms with Crippen molar-refractivity contribution in [2.24, 2.45) is 0 Å². The van der Waals surface area contributed by atoms with Crippen molar-refractivity contribution in [3.8, 4) is 0 Å². The van der Waals surface area contributed by atoms with E-state index >= 15 is 0 Å². The monoisotopic (exact) mass is 487 g/mol. The molecular formula is C22H31F2N3O7. The number of amides is 1. The maximum absolute atomic E-state index is 14.0. The molecular weight excluding hydrogens is 456 g/mol. The van der Waals surface area contributed by atoms with Crippen molar-refractivity contribution in [1.82, 2.24) is 16.0 Å². The zero-order valence-electron chi connectivity index (χ0n) is 19.1. The molecule has 1 amide bonds. The lowest BCUT2D eigenvalue weighted by atomic mass is 9.79. The normalized spacial score (nSPS) is 41.9. The summed E-state index contributed by atoms with van der Waals surface area (Å²) in [7, 11) is 3.19. The number of benzene rings is 1. The number of carbonyl (C=O) groups is 1. The van der Waals surface area contributed by atoms with E-state index in [1.165, 1.54) is 12.1 Å². The highest BCUT2D eigenvalue weighted by atomic mass is 19.2. The Bertz CT molecular complexity index is 911. The summed E-state index contributed by atoms with van der Waals surface area (Å²) in [5.41, 5.74) is -0.131. The Labute approximate surface area is 195 Å². The molecule has 0 radical (unpaired) electrons. The predicted molar refractivity (Wildman–Crippen MR) is 113 cm³/mol. The Morgan fingerprint density at radius 3 is 2.50 bits per heavy atom. The smallest absolute Gasteiger partial charge is 0.239 e. The van der Waals surface area contributed by atoms with Gasteiger partial charge in [-0.2, -0.15) is 0 Å². The molecule has 2 heterocycles. The number of fused-ring (bicyclic) bond motifs is 2. The minimum absolute atomic E-state index is 0.131. The third-order valence-electron chi connectivity index (χ3n) is 6.87. The van der Waals surface area contributed by atoms with Crippen LogP contribution < -0.4 is 16.0 Å². The van der Waals surface area contributed by atoms with Crippen molar-refractivity contribution >= 4 is 5.91 Å². The van der Waals surface area contributed by atoms with E-state index in [1.54, 1.807) is 21.0 Å². The quantitative estimate of drug-likeness (QED) is 0.293. The molecule has 1 saturated carbocycles. The van der Waals surface area contributed by atoms with Crippen LogP contribution in [0.5, 0.6) is 0 Å². The summed E-state index contributed by atoms with van der Waals surface area (Å²) in [5.74, 6) is -5.00. The lowest BCUT2D eigenvalue weighted by Crippen LogP contribution is -2.79. The van der Waals surface area contributed by atoms with Gasteiger partial charge in [0.1, 0.15) is 18.3 Å². The van der Waals surface area contributed by atoms with Crippen LogP contribution in [0.1, 0.15) is 18.9 Å².